The van der Waals surface area contributed by atoms with Crippen molar-refractivity contribution < 1.29 is 0 Å². The van der Waals surface area contributed by atoms with E-state index in [1.807, 2.05) is 12.3 Å². The first-order chi connectivity index (χ1) is 5.81. The first kappa shape index (κ1) is 7.68. The van der Waals surface area contributed by atoms with E-state index in [0.29, 0.717) is 0 Å². The lowest BCUT2D eigenvalue weighted by Gasteiger charge is -1.89. The molecule has 0 saturated heterocycles. The molecule has 0 radical (unpaired) electrons. The van der Waals surface area contributed by atoms with Gasteiger partial charge < -0.3 is 0 Å². The van der Waals surface area contributed by atoms with Crippen LogP contribution in [-0.4, -0.2) is 9.97 Å². The maximum absolute atomic E-state index is 4.40. The molecule has 62 valence electrons. The van der Waals surface area contributed by atoms with E-state index in [1.54, 1.807) is 11.3 Å². The number of fused-ring (bicyclic) bond motifs is 1. The monoisotopic (exact) mass is 178 g/mol. The van der Waals surface area contributed by atoms with E-state index in [1.165, 1.54) is 15.3 Å². The summed E-state index contributed by atoms with van der Waals surface area (Å²) in [6, 6.07) is 2.03. The molecule has 0 aliphatic rings. The average molecular weight is 178 g/mol. The molecule has 0 aliphatic carbocycles. The molecule has 0 aliphatic heterocycles. The van der Waals surface area contributed by atoms with Crippen molar-refractivity contribution in [1.29, 1.82) is 0 Å². The van der Waals surface area contributed by atoms with Crippen LogP contribution in [0.3, 0.4) is 0 Å². The molecule has 0 amide bonds. The third-order valence-corrected chi connectivity index (χ3v) is 3.16. The second-order valence-electron chi connectivity index (χ2n) is 2.74. The molecule has 0 saturated carbocycles. The molecule has 12 heavy (non-hydrogen) atoms. The van der Waals surface area contributed by atoms with Crippen molar-refractivity contribution in [2.45, 2.75) is 20.3 Å². The SMILES string of the molecule is CCc1nc2nccc(C)c2s1. The van der Waals surface area contributed by atoms with Crippen molar-refractivity contribution in [2.24, 2.45) is 0 Å². The van der Waals surface area contributed by atoms with E-state index in [9.17, 15) is 0 Å². The van der Waals surface area contributed by atoms with Crippen molar-refractivity contribution in [3.8, 4) is 0 Å². The summed E-state index contributed by atoms with van der Waals surface area (Å²) < 4.78 is 1.23. The molecular formula is C9H10N2S. The maximum Gasteiger partial charge on any atom is 0.170 e. The first-order valence-corrected chi connectivity index (χ1v) is 4.84. The van der Waals surface area contributed by atoms with Crippen LogP contribution in [0, 0.1) is 6.92 Å². The Hall–Kier alpha value is -0.960. The lowest BCUT2D eigenvalue weighted by Crippen LogP contribution is -1.78. The van der Waals surface area contributed by atoms with Crippen molar-refractivity contribution in [3.63, 3.8) is 0 Å². The highest BCUT2D eigenvalue weighted by atomic mass is 32.1. The van der Waals surface area contributed by atoms with Gasteiger partial charge in [-0.1, -0.05) is 6.92 Å². The van der Waals surface area contributed by atoms with Crippen LogP contribution < -0.4 is 0 Å². The minimum absolute atomic E-state index is 0.900. The molecular weight excluding hydrogens is 168 g/mol. The van der Waals surface area contributed by atoms with Gasteiger partial charge in [0.05, 0.1) is 9.71 Å². The number of rotatable bonds is 1. The molecule has 0 N–H and O–H groups in total. The van der Waals surface area contributed by atoms with Gasteiger partial charge in [-0.15, -0.1) is 11.3 Å². The van der Waals surface area contributed by atoms with Gasteiger partial charge in [-0.25, -0.2) is 9.97 Å². The van der Waals surface area contributed by atoms with E-state index in [2.05, 4.69) is 23.8 Å². The molecule has 2 aromatic heterocycles. The fourth-order valence-electron chi connectivity index (χ4n) is 1.15. The summed E-state index contributed by atoms with van der Waals surface area (Å²) in [5.74, 6) is 0. The van der Waals surface area contributed by atoms with Crippen LogP contribution in [0.5, 0.6) is 0 Å². The standard InChI is InChI=1S/C9H10N2S/c1-3-7-11-9-8(12-7)6(2)4-5-10-9/h4-5H,3H2,1-2H3. The predicted octanol–water partition coefficient (Wildman–Crippen LogP) is 2.56. The minimum Gasteiger partial charge on any atom is -0.236 e. The molecule has 0 spiro atoms. The summed E-state index contributed by atoms with van der Waals surface area (Å²) in [4.78, 5) is 8.61. The van der Waals surface area contributed by atoms with Gasteiger partial charge in [-0.2, -0.15) is 0 Å². The quantitative estimate of drug-likeness (QED) is 0.670. The molecule has 2 nitrogen and oxygen atoms in total. The third-order valence-electron chi connectivity index (χ3n) is 1.84. The lowest BCUT2D eigenvalue weighted by atomic mass is 10.3. The largest absolute Gasteiger partial charge is 0.236 e. The van der Waals surface area contributed by atoms with E-state index in [4.69, 9.17) is 0 Å². The van der Waals surface area contributed by atoms with Gasteiger partial charge in [0, 0.05) is 6.20 Å². The average Bonchev–Trinajstić information content (AvgIpc) is 2.49. The Morgan fingerprint density at radius 3 is 3.00 bits per heavy atom. The van der Waals surface area contributed by atoms with Crippen LogP contribution in [-0.2, 0) is 6.42 Å². The number of hydrogen-bond acceptors (Lipinski definition) is 3. The lowest BCUT2D eigenvalue weighted by molar-refractivity contribution is 1.10. The topological polar surface area (TPSA) is 25.8 Å². The van der Waals surface area contributed by atoms with E-state index < -0.39 is 0 Å². The minimum atomic E-state index is 0.900. The van der Waals surface area contributed by atoms with Crippen LogP contribution in [0.4, 0.5) is 0 Å². The zero-order chi connectivity index (χ0) is 8.55. The number of thiazole rings is 1. The Morgan fingerprint density at radius 1 is 1.50 bits per heavy atom. The highest BCUT2D eigenvalue weighted by molar-refractivity contribution is 7.18. The summed E-state index contributed by atoms with van der Waals surface area (Å²) in [6.07, 6.45) is 2.82. The Morgan fingerprint density at radius 2 is 2.33 bits per heavy atom. The van der Waals surface area contributed by atoms with Crippen molar-refractivity contribution in [2.75, 3.05) is 0 Å². The van der Waals surface area contributed by atoms with Gasteiger partial charge >= 0.3 is 0 Å². The number of pyridine rings is 1. The summed E-state index contributed by atoms with van der Waals surface area (Å²) in [7, 11) is 0. The van der Waals surface area contributed by atoms with Gasteiger partial charge in [0.15, 0.2) is 5.65 Å². The fourth-order valence-corrected chi connectivity index (χ4v) is 2.08. The van der Waals surface area contributed by atoms with Gasteiger partial charge in [-0.3, -0.25) is 0 Å². The van der Waals surface area contributed by atoms with Crippen molar-refractivity contribution in [3.05, 3.63) is 22.8 Å². The molecule has 0 fully saturated rings. The van der Waals surface area contributed by atoms with E-state index in [0.717, 1.165) is 12.1 Å². The predicted molar refractivity (Wildman–Crippen MR) is 51.5 cm³/mol. The summed E-state index contributed by atoms with van der Waals surface area (Å²) in [6.45, 7) is 4.22. The fraction of sp³-hybridized carbons (Fsp3) is 0.333. The molecule has 2 rings (SSSR count). The van der Waals surface area contributed by atoms with E-state index in [-0.39, 0.29) is 0 Å². The number of hydrogen-bond donors (Lipinski definition) is 0. The second kappa shape index (κ2) is 2.83. The van der Waals surface area contributed by atoms with Crippen LogP contribution in [0.25, 0.3) is 10.3 Å². The number of aryl methyl sites for hydroxylation is 2. The Bertz CT molecular complexity index is 406. The van der Waals surface area contributed by atoms with Gasteiger partial charge in [0.25, 0.3) is 0 Å². The van der Waals surface area contributed by atoms with Gasteiger partial charge in [-0.05, 0) is 25.0 Å². The molecule has 0 unspecified atom stereocenters. The van der Waals surface area contributed by atoms with E-state index >= 15 is 0 Å². The Labute approximate surface area is 75.3 Å². The Balaban J connectivity index is 2.74. The van der Waals surface area contributed by atoms with Crippen LogP contribution >= 0.6 is 11.3 Å². The van der Waals surface area contributed by atoms with Crippen LogP contribution in [0.15, 0.2) is 12.3 Å². The van der Waals surface area contributed by atoms with Crippen molar-refractivity contribution in [1.82, 2.24) is 9.97 Å². The summed E-state index contributed by atoms with van der Waals surface area (Å²) in [5.41, 5.74) is 2.18. The summed E-state index contributed by atoms with van der Waals surface area (Å²) >= 11 is 1.75. The first-order valence-electron chi connectivity index (χ1n) is 4.02. The second-order valence-corrected chi connectivity index (χ2v) is 3.83. The van der Waals surface area contributed by atoms with Gasteiger partial charge in [0.2, 0.25) is 0 Å². The number of nitrogens with zero attached hydrogens (tertiary/aromatic N) is 2. The molecule has 3 heteroatoms. The highest BCUT2D eigenvalue weighted by Gasteiger charge is 2.04. The highest BCUT2D eigenvalue weighted by Crippen LogP contribution is 2.23. The smallest absolute Gasteiger partial charge is 0.170 e. The number of aromatic nitrogens is 2. The molecule has 2 aromatic rings. The van der Waals surface area contributed by atoms with Crippen LogP contribution in [0.2, 0.25) is 0 Å². The Kier molecular flexibility index (Phi) is 1.81. The zero-order valence-corrected chi connectivity index (χ0v) is 7.98. The molecule has 0 atom stereocenters. The van der Waals surface area contributed by atoms with Crippen molar-refractivity contribution >= 4 is 21.7 Å². The maximum atomic E-state index is 4.40. The molecule has 0 bridgehead atoms. The normalized spacial score (nSPS) is 10.8. The molecule has 0 aromatic carbocycles. The van der Waals surface area contributed by atoms with Gasteiger partial charge in [0.1, 0.15) is 0 Å². The summed E-state index contributed by atoms with van der Waals surface area (Å²) in [5, 5.41) is 1.17. The zero-order valence-electron chi connectivity index (χ0n) is 7.16. The molecule has 2 heterocycles. The third kappa shape index (κ3) is 1.10. The van der Waals surface area contributed by atoms with Crippen LogP contribution in [0.1, 0.15) is 17.5 Å².